The van der Waals surface area contributed by atoms with E-state index in [1.165, 1.54) is 32.2 Å². The second-order valence-electron chi connectivity index (χ2n) is 6.02. The van der Waals surface area contributed by atoms with Gasteiger partial charge in [-0.2, -0.15) is 0 Å². The average Bonchev–Trinajstić information content (AvgIpc) is 3.13. The predicted molar refractivity (Wildman–Crippen MR) is 106 cm³/mol. The van der Waals surface area contributed by atoms with Gasteiger partial charge in [-0.25, -0.2) is 4.98 Å². The van der Waals surface area contributed by atoms with E-state index in [0.717, 1.165) is 48.1 Å². The van der Waals surface area contributed by atoms with Crippen molar-refractivity contribution in [2.45, 2.75) is 49.4 Å². The van der Waals surface area contributed by atoms with Crippen LogP contribution < -0.4 is 10.6 Å². The van der Waals surface area contributed by atoms with Crippen molar-refractivity contribution in [3.63, 3.8) is 0 Å². The fourth-order valence-electron chi connectivity index (χ4n) is 3.08. The van der Waals surface area contributed by atoms with E-state index in [1.807, 2.05) is 30.4 Å². The maximum Gasteiger partial charge on any atom is 0.191 e. The fourth-order valence-corrected chi connectivity index (χ4v) is 4.72. The molecule has 0 aromatic carbocycles. The van der Waals surface area contributed by atoms with Crippen LogP contribution in [-0.4, -0.2) is 60.9 Å². The number of likely N-dealkylation sites (tertiary alicyclic amines) is 1. The van der Waals surface area contributed by atoms with Gasteiger partial charge in [0.05, 0.1) is 0 Å². The minimum Gasteiger partial charge on any atom is -0.356 e. The van der Waals surface area contributed by atoms with Crippen LogP contribution in [0.3, 0.4) is 0 Å². The second-order valence-corrected chi connectivity index (χ2v) is 8.26. The molecule has 1 aliphatic rings. The van der Waals surface area contributed by atoms with Gasteiger partial charge in [-0.1, -0.05) is 25.1 Å². The Morgan fingerprint density at radius 1 is 1.42 bits per heavy atom. The Balaban J connectivity index is 1.55. The highest BCUT2D eigenvalue weighted by molar-refractivity contribution is 8.00. The zero-order valence-electron chi connectivity index (χ0n) is 15.0. The third-order valence-electron chi connectivity index (χ3n) is 4.38. The van der Waals surface area contributed by atoms with E-state index >= 15 is 0 Å². The van der Waals surface area contributed by atoms with Crippen molar-refractivity contribution in [1.82, 2.24) is 20.5 Å². The molecule has 0 saturated carbocycles. The standard InChI is InChI=1S/C17H31N5S2/c1-3-15-7-4-5-11-22(15)12-9-20-16(18-2)19-8-6-13-23-17-21-10-14-24-17/h10,14-15H,3-9,11-13H2,1-2H3,(H2,18,19,20). The number of hydrogen-bond donors (Lipinski definition) is 2. The Kier molecular flexibility index (Phi) is 9.53. The maximum absolute atomic E-state index is 4.32. The number of thioether (sulfide) groups is 1. The van der Waals surface area contributed by atoms with Crippen LogP contribution >= 0.6 is 23.1 Å². The topological polar surface area (TPSA) is 52.5 Å². The molecule has 0 spiro atoms. The van der Waals surface area contributed by atoms with E-state index in [-0.39, 0.29) is 0 Å². The zero-order valence-corrected chi connectivity index (χ0v) is 16.6. The summed E-state index contributed by atoms with van der Waals surface area (Å²) in [6, 6.07) is 0.776. The van der Waals surface area contributed by atoms with Crippen LogP contribution in [0.5, 0.6) is 0 Å². The predicted octanol–water partition coefficient (Wildman–Crippen LogP) is 3.05. The summed E-state index contributed by atoms with van der Waals surface area (Å²) in [6.07, 6.45) is 8.34. The summed E-state index contributed by atoms with van der Waals surface area (Å²) in [5, 5.41) is 8.87. The first-order valence-corrected chi connectivity index (χ1v) is 10.9. The average molecular weight is 370 g/mol. The van der Waals surface area contributed by atoms with Crippen LogP contribution in [0.25, 0.3) is 0 Å². The van der Waals surface area contributed by atoms with E-state index < -0.39 is 0 Å². The molecule has 0 radical (unpaired) electrons. The summed E-state index contributed by atoms with van der Waals surface area (Å²) in [5.41, 5.74) is 0. The van der Waals surface area contributed by atoms with E-state index in [2.05, 4.69) is 32.4 Å². The van der Waals surface area contributed by atoms with E-state index in [0.29, 0.717) is 0 Å². The number of thiazole rings is 1. The van der Waals surface area contributed by atoms with E-state index in [1.54, 1.807) is 11.3 Å². The highest BCUT2D eigenvalue weighted by Crippen LogP contribution is 2.20. The van der Waals surface area contributed by atoms with Gasteiger partial charge in [0.15, 0.2) is 5.96 Å². The maximum atomic E-state index is 4.32. The van der Waals surface area contributed by atoms with Crippen LogP contribution in [0.1, 0.15) is 39.0 Å². The molecular weight excluding hydrogens is 338 g/mol. The van der Waals surface area contributed by atoms with Crippen molar-refractivity contribution >= 4 is 29.1 Å². The summed E-state index contributed by atoms with van der Waals surface area (Å²) >= 11 is 3.54. The number of aliphatic imine (C=N–C) groups is 1. The van der Waals surface area contributed by atoms with Gasteiger partial charge in [0.1, 0.15) is 4.34 Å². The molecule has 0 bridgehead atoms. The summed E-state index contributed by atoms with van der Waals surface area (Å²) in [7, 11) is 1.84. The van der Waals surface area contributed by atoms with Crippen molar-refractivity contribution in [2.24, 2.45) is 4.99 Å². The van der Waals surface area contributed by atoms with Crippen LogP contribution in [-0.2, 0) is 0 Å². The third-order valence-corrected chi connectivity index (χ3v) is 6.44. The number of rotatable bonds is 9. The van der Waals surface area contributed by atoms with Gasteiger partial charge in [0.2, 0.25) is 0 Å². The van der Waals surface area contributed by atoms with Gasteiger partial charge in [0.25, 0.3) is 0 Å². The molecule has 1 aromatic rings. The van der Waals surface area contributed by atoms with Crippen LogP contribution in [0, 0.1) is 0 Å². The zero-order chi connectivity index (χ0) is 17.0. The molecule has 1 aromatic heterocycles. The number of aromatic nitrogens is 1. The van der Waals surface area contributed by atoms with Gasteiger partial charge in [-0.3, -0.25) is 9.89 Å². The molecule has 1 atom stereocenters. The van der Waals surface area contributed by atoms with Gasteiger partial charge in [-0.05, 0) is 32.2 Å². The minimum absolute atomic E-state index is 0.776. The summed E-state index contributed by atoms with van der Waals surface area (Å²) in [5.74, 6) is 2.00. The van der Waals surface area contributed by atoms with Gasteiger partial charge in [-0.15, -0.1) is 11.3 Å². The van der Waals surface area contributed by atoms with Crippen molar-refractivity contribution in [2.75, 3.05) is 39.0 Å². The largest absolute Gasteiger partial charge is 0.356 e. The molecule has 136 valence electrons. The van der Waals surface area contributed by atoms with Crippen LogP contribution in [0.15, 0.2) is 20.9 Å². The molecule has 5 nitrogen and oxygen atoms in total. The molecule has 2 N–H and O–H groups in total. The third kappa shape index (κ3) is 6.99. The Labute approximate surface area is 154 Å². The Hall–Kier alpha value is -0.790. The summed E-state index contributed by atoms with van der Waals surface area (Å²) in [6.45, 7) is 6.57. The summed E-state index contributed by atoms with van der Waals surface area (Å²) in [4.78, 5) is 11.2. The van der Waals surface area contributed by atoms with Crippen LogP contribution in [0.2, 0.25) is 0 Å². The molecular formula is C17H31N5S2. The second kappa shape index (κ2) is 11.7. The van der Waals surface area contributed by atoms with Crippen molar-refractivity contribution in [3.05, 3.63) is 11.6 Å². The molecule has 2 rings (SSSR count). The van der Waals surface area contributed by atoms with Crippen molar-refractivity contribution in [1.29, 1.82) is 0 Å². The van der Waals surface area contributed by atoms with Crippen molar-refractivity contribution < 1.29 is 0 Å². The lowest BCUT2D eigenvalue weighted by Crippen LogP contribution is -2.46. The molecule has 2 heterocycles. The van der Waals surface area contributed by atoms with E-state index in [4.69, 9.17) is 0 Å². The Morgan fingerprint density at radius 2 is 2.29 bits per heavy atom. The lowest BCUT2D eigenvalue weighted by molar-refractivity contribution is 0.147. The monoisotopic (exact) mass is 369 g/mol. The molecule has 24 heavy (non-hydrogen) atoms. The normalized spacial score (nSPS) is 19.4. The van der Waals surface area contributed by atoms with Gasteiger partial charge >= 0.3 is 0 Å². The fraction of sp³-hybridized carbons (Fsp3) is 0.765. The molecule has 1 fully saturated rings. The van der Waals surface area contributed by atoms with E-state index in [9.17, 15) is 0 Å². The summed E-state index contributed by atoms with van der Waals surface area (Å²) < 4.78 is 1.16. The first kappa shape index (κ1) is 19.5. The molecule has 0 aliphatic carbocycles. The number of hydrogen-bond acceptors (Lipinski definition) is 5. The molecule has 1 aliphatic heterocycles. The lowest BCUT2D eigenvalue weighted by Gasteiger charge is -2.35. The molecule has 0 amide bonds. The van der Waals surface area contributed by atoms with Crippen molar-refractivity contribution in [3.8, 4) is 0 Å². The lowest BCUT2D eigenvalue weighted by atomic mass is 10.0. The number of guanidine groups is 1. The number of piperidine rings is 1. The number of nitrogens with zero attached hydrogens (tertiary/aromatic N) is 3. The first-order valence-electron chi connectivity index (χ1n) is 9.04. The Bertz CT molecular complexity index is 464. The molecule has 7 heteroatoms. The highest BCUT2D eigenvalue weighted by atomic mass is 32.2. The highest BCUT2D eigenvalue weighted by Gasteiger charge is 2.19. The smallest absolute Gasteiger partial charge is 0.191 e. The minimum atomic E-state index is 0.776. The van der Waals surface area contributed by atoms with Gasteiger partial charge in [0, 0.05) is 50.1 Å². The quantitative estimate of drug-likeness (QED) is 0.303. The van der Waals surface area contributed by atoms with Crippen LogP contribution in [0.4, 0.5) is 0 Å². The molecule has 1 unspecified atom stereocenters. The SMILES string of the molecule is CCC1CCCCN1CCNC(=NC)NCCCSc1nccs1. The Morgan fingerprint density at radius 3 is 3.04 bits per heavy atom. The van der Waals surface area contributed by atoms with Gasteiger partial charge < -0.3 is 10.6 Å². The molecule has 1 saturated heterocycles. The first-order chi connectivity index (χ1) is 11.8. The number of nitrogens with one attached hydrogen (secondary N) is 2.